The quantitative estimate of drug-likeness (QED) is 0.691. The number of hydrogen-bond acceptors (Lipinski definition) is 4. The number of pyridine rings is 1. The van der Waals surface area contributed by atoms with Crippen LogP contribution in [0, 0.1) is 5.92 Å². The monoisotopic (exact) mass is 375 g/mol. The third kappa shape index (κ3) is 3.93. The second-order valence-electron chi connectivity index (χ2n) is 6.85. The van der Waals surface area contributed by atoms with Gasteiger partial charge in [-0.25, -0.2) is 0 Å². The number of aromatic nitrogens is 3. The van der Waals surface area contributed by atoms with Gasteiger partial charge in [0, 0.05) is 31.3 Å². The van der Waals surface area contributed by atoms with Crippen LogP contribution in [0.5, 0.6) is 0 Å². The van der Waals surface area contributed by atoms with Crippen molar-refractivity contribution in [3.8, 4) is 11.3 Å². The third-order valence-electron chi connectivity index (χ3n) is 4.90. The minimum absolute atomic E-state index is 0.0147. The molecular weight excluding hydrogens is 354 g/mol. The Balaban J connectivity index is 1.35. The molecule has 2 N–H and O–H groups in total. The third-order valence-corrected chi connectivity index (χ3v) is 4.90. The van der Waals surface area contributed by atoms with Crippen molar-refractivity contribution in [2.24, 2.45) is 5.92 Å². The molecule has 1 atom stereocenters. The van der Waals surface area contributed by atoms with Gasteiger partial charge in [0.2, 0.25) is 11.8 Å². The van der Waals surface area contributed by atoms with Crippen LogP contribution in [-0.2, 0) is 22.7 Å². The summed E-state index contributed by atoms with van der Waals surface area (Å²) in [6, 6.07) is 15.5. The SMILES string of the molecule is O=C(NCc1cn[nH]c1-c1ccccc1)[C@H]1CC(=O)N(Cc2ccccn2)C1. The molecule has 0 unspecified atom stereocenters. The van der Waals surface area contributed by atoms with Crippen LogP contribution in [0.25, 0.3) is 11.3 Å². The average Bonchev–Trinajstić information content (AvgIpc) is 3.34. The fourth-order valence-corrected chi connectivity index (χ4v) is 3.41. The molecule has 0 spiro atoms. The first-order valence-electron chi connectivity index (χ1n) is 9.24. The lowest BCUT2D eigenvalue weighted by Crippen LogP contribution is -2.32. The number of carbonyl (C=O) groups is 2. The molecule has 0 radical (unpaired) electrons. The van der Waals surface area contributed by atoms with Crippen molar-refractivity contribution in [2.45, 2.75) is 19.5 Å². The molecule has 3 heterocycles. The number of H-pyrrole nitrogens is 1. The molecular formula is C21H21N5O2. The van der Waals surface area contributed by atoms with E-state index in [4.69, 9.17) is 0 Å². The minimum Gasteiger partial charge on any atom is -0.352 e. The predicted octanol–water partition coefficient (Wildman–Crippen LogP) is 2.14. The summed E-state index contributed by atoms with van der Waals surface area (Å²) in [5.41, 5.74) is 3.64. The average molecular weight is 375 g/mol. The number of likely N-dealkylation sites (tertiary alicyclic amines) is 1. The molecule has 1 aliphatic heterocycles. The van der Waals surface area contributed by atoms with Crippen LogP contribution in [0.2, 0.25) is 0 Å². The van der Waals surface area contributed by atoms with E-state index in [1.807, 2.05) is 48.5 Å². The Morgan fingerprint density at radius 2 is 2.00 bits per heavy atom. The Morgan fingerprint density at radius 1 is 1.18 bits per heavy atom. The lowest BCUT2D eigenvalue weighted by atomic mass is 10.1. The van der Waals surface area contributed by atoms with Gasteiger partial charge in [-0.15, -0.1) is 0 Å². The number of rotatable bonds is 6. The summed E-state index contributed by atoms with van der Waals surface area (Å²) in [6.45, 7) is 1.21. The maximum absolute atomic E-state index is 12.6. The van der Waals surface area contributed by atoms with Crippen molar-refractivity contribution in [1.82, 2.24) is 25.4 Å². The van der Waals surface area contributed by atoms with Crippen LogP contribution in [0.15, 0.2) is 60.9 Å². The second kappa shape index (κ2) is 8.04. The molecule has 7 nitrogen and oxygen atoms in total. The summed E-state index contributed by atoms with van der Waals surface area (Å²) in [6.07, 6.45) is 3.65. The predicted molar refractivity (Wildman–Crippen MR) is 104 cm³/mol. The van der Waals surface area contributed by atoms with E-state index in [0.717, 1.165) is 22.5 Å². The normalized spacial score (nSPS) is 16.4. The molecule has 1 fully saturated rings. The molecule has 0 saturated carbocycles. The van der Waals surface area contributed by atoms with Crippen LogP contribution in [0.4, 0.5) is 0 Å². The Morgan fingerprint density at radius 3 is 2.79 bits per heavy atom. The Kier molecular flexibility index (Phi) is 5.14. The van der Waals surface area contributed by atoms with Gasteiger partial charge in [-0.3, -0.25) is 19.7 Å². The van der Waals surface area contributed by atoms with Crippen LogP contribution in [0.1, 0.15) is 17.7 Å². The van der Waals surface area contributed by atoms with Crippen molar-refractivity contribution in [1.29, 1.82) is 0 Å². The standard InChI is InChI=1S/C21H21N5O2/c27-19-10-16(13-26(19)14-18-8-4-5-9-22-18)21(28)23-11-17-12-24-25-20(17)15-6-2-1-3-7-15/h1-9,12,16H,10-11,13-14H2,(H,23,28)(H,24,25)/t16-/m0/s1. The van der Waals surface area contributed by atoms with E-state index in [1.165, 1.54) is 0 Å². The summed E-state index contributed by atoms with van der Waals surface area (Å²) in [7, 11) is 0. The van der Waals surface area contributed by atoms with E-state index in [1.54, 1.807) is 17.3 Å². The van der Waals surface area contributed by atoms with Gasteiger partial charge in [-0.1, -0.05) is 36.4 Å². The molecule has 3 aromatic rings. The topological polar surface area (TPSA) is 91.0 Å². The van der Waals surface area contributed by atoms with E-state index >= 15 is 0 Å². The van der Waals surface area contributed by atoms with Gasteiger partial charge in [0.15, 0.2) is 0 Å². The number of amides is 2. The molecule has 142 valence electrons. The maximum Gasteiger partial charge on any atom is 0.225 e. The fraction of sp³-hybridized carbons (Fsp3) is 0.238. The van der Waals surface area contributed by atoms with E-state index < -0.39 is 0 Å². The first-order valence-corrected chi connectivity index (χ1v) is 9.24. The highest BCUT2D eigenvalue weighted by atomic mass is 16.2. The van der Waals surface area contributed by atoms with Gasteiger partial charge in [-0.05, 0) is 17.7 Å². The molecule has 2 amide bonds. The van der Waals surface area contributed by atoms with Crippen molar-refractivity contribution in [3.05, 3.63) is 72.2 Å². The summed E-state index contributed by atoms with van der Waals surface area (Å²) < 4.78 is 0. The largest absolute Gasteiger partial charge is 0.352 e. The molecule has 1 aliphatic rings. The molecule has 4 rings (SSSR count). The van der Waals surface area contributed by atoms with Gasteiger partial charge < -0.3 is 10.2 Å². The van der Waals surface area contributed by atoms with Crippen LogP contribution in [0.3, 0.4) is 0 Å². The second-order valence-corrected chi connectivity index (χ2v) is 6.85. The maximum atomic E-state index is 12.6. The van der Waals surface area contributed by atoms with Gasteiger partial charge in [-0.2, -0.15) is 5.10 Å². The lowest BCUT2D eigenvalue weighted by Gasteiger charge is -2.16. The van der Waals surface area contributed by atoms with E-state index in [9.17, 15) is 9.59 Å². The summed E-state index contributed by atoms with van der Waals surface area (Å²) in [5, 5.41) is 10.0. The minimum atomic E-state index is -0.344. The van der Waals surface area contributed by atoms with Crippen LogP contribution in [-0.4, -0.2) is 38.4 Å². The zero-order valence-electron chi connectivity index (χ0n) is 15.3. The van der Waals surface area contributed by atoms with Crippen LogP contribution < -0.4 is 5.32 Å². The zero-order valence-corrected chi connectivity index (χ0v) is 15.3. The van der Waals surface area contributed by atoms with Gasteiger partial charge in [0.1, 0.15) is 0 Å². The number of nitrogens with zero attached hydrogens (tertiary/aromatic N) is 3. The number of hydrogen-bond donors (Lipinski definition) is 2. The summed E-state index contributed by atoms with van der Waals surface area (Å²) in [4.78, 5) is 30.8. The first-order chi connectivity index (χ1) is 13.7. The molecule has 7 heteroatoms. The van der Waals surface area contributed by atoms with E-state index in [0.29, 0.717) is 19.6 Å². The zero-order chi connectivity index (χ0) is 19.3. The number of aromatic amines is 1. The van der Waals surface area contributed by atoms with Crippen molar-refractivity contribution < 1.29 is 9.59 Å². The van der Waals surface area contributed by atoms with E-state index in [2.05, 4.69) is 20.5 Å². The highest BCUT2D eigenvalue weighted by Gasteiger charge is 2.34. The number of nitrogens with one attached hydrogen (secondary N) is 2. The van der Waals surface area contributed by atoms with E-state index in [-0.39, 0.29) is 24.2 Å². The molecule has 28 heavy (non-hydrogen) atoms. The molecule has 0 bridgehead atoms. The Bertz CT molecular complexity index is 955. The highest BCUT2D eigenvalue weighted by Crippen LogP contribution is 2.22. The Labute approximate surface area is 162 Å². The molecule has 2 aromatic heterocycles. The number of benzene rings is 1. The van der Waals surface area contributed by atoms with Crippen molar-refractivity contribution in [3.63, 3.8) is 0 Å². The molecule has 0 aliphatic carbocycles. The van der Waals surface area contributed by atoms with Crippen molar-refractivity contribution in [2.75, 3.05) is 6.54 Å². The fourth-order valence-electron chi connectivity index (χ4n) is 3.41. The van der Waals surface area contributed by atoms with Gasteiger partial charge >= 0.3 is 0 Å². The lowest BCUT2D eigenvalue weighted by molar-refractivity contribution is -0.129. The molecule has 1 saturated heterocycles. The summed E-state index contributed by atoms with van der Waals surface area (Å²) in [5.74, 6) is -0.473. The summed E-state index contributed by atoms with van der Waals surface area (Å²) >= 11 is 0. The Hall–Kier alpha value is -3.48. The van der Waals surface area contributed by atoms with Crippen molar-refractivity contribution >= 4 is 11.8 Å². The highest BCUT2D eigenvalue weighted by molar-refractivity contribution is 5.89. The first kappa shape index (κ1) is 17.9. The van der Waals surface area contributed by atoms with Crippen LogP contribution >= 0.6 is 0 Å². The number of carbonyl (C=O) groups excluding carboxylic acids is 2. The molecule has 1 aromatic carbocycles. The van der Waals surface area contributed by atoms with Gasteiger partial charge in [0.05, 0.1) is 30.0 Å². The smallest absolute Gasteiger partial charge is 0.225 e. The van der Waals surface area contributed by atoms with Gasteiger partial charge in [0.25, 0.3) is 0 Å².